The first-order valence-electron chi connectivity index (χ1n) is 7.36. The summed E-state index contributed by atoms with van der Waals surface area (Å²) < 4.78 is 6.26. The second-order valence-electron chi connectivity index (χ2n) is 5.08. The molecule has 2 aromatic rings. The number of nitrogens with zero attached hydrogens (tertiary/aromatic N) is 3. The molecular formula is C15H15N5O4. The number of ether oxygens (including phenoxy) is 1. The molecule has 0 saturated heterocycles. The SMILES string of the molecule is CCOC(=O)c1ccc(NC(=O)[C@@H]2CC(=O)Nc3ncnn32)cc1. The van der Waals surface area contributed by atoms with Gasteiger partial charge in [0.2, 0.25) is 17.8 Å². The molecule has 0 fully saturated rings. The predicted molar refractivity (Wildman–Crippen MR) is 83.3 cm³/mol. The van der Waals surface area contributed by atoms with Gasteiger partial charge in [-0.3, -0.25) is 14.9 Å². The van der Waals surface area contributed by atoms with Crippen molar-refractivity contribution < 1.29 is 19.1 Å². The van der Waals surface area contributed by atoms with E-state index in [-0.39, 0.29) is 24.2 Å². The molecule has 1 aliphatic heterocycles. The topological polar surface area (TPSA) is 115 Å². The summed E-state index contributed by atoms with van der Waals surface area (Å²) in [7, 11) is 0. The highest BCUT2D eigenvalue weighted by atomic mass is 16.5. The summed E-state index contributed by atoms with van der Waals surface area (Å²) in [6.45, 7) is 2.02. The maximum Gasteiger partial charge on any atom is 0.338 e. The number of nitrogens with one attached hydrogen (secondary N) is 2. The Bertz CT molecular complexity index is 783. The van der Waals surface area contributed by atoms with Gasteiger partial charge in [0.15, 0.2) is 0 Å². The summed E-state index contributed by atoms with van der Waals surface area (Å²) in [6.07, 6.45) is 1.25. The fourth-order valence-corrected chi connectivity index (χ4v) is 2.34. The van der Waals surface area contributed by atoms with Crippen molar-refractivity contribution in [3.8, 4) is 0 Å². The first-order chi connectivity index (χ1) is 11.6. The molecular weight excluding hydrogens is 314 g/mol. The highest BCUT2D eigenvalue weighted by Gasteiger charge is 2.31. The lowest BCUT2D eigenvalue weighted by Gasteiger charge is -2.22. The number of rotatable bonds is 4. The Morgan fingerprint density at radius 2 is 2.12 bits per heavy atom. The molecule has 0 aliphatic carbocycles. The Morgan fingerprint density at radius 1 is 1.38 bits per heavy atom. The van der Waals surface area contributed by atoms with Crippen molar-refractivity contribution in [2.75, 3.05) is 17.2 Å². The van der Waals surface area contributed by atoms with Gasteiger partial charge in [-0.05, 0) is 31.2 Å². The molecule has 1 atom stereocenters. The molecule has 0 bridgehead atoms. The summed E-state index contributed by atoms with van der Waals surface area (Å²) >= 11 is 0. The van der Waals surface area contributed by atoms with Crippen LogP contribution in [0.4, 0.5) is 11.6 Å². The molecule has 1 aromatic carbocycles. The number of aromatic nitrogens is 3. The van der Waals surface area contributed by atoms with Crippen LogP contribution in [0.1, 0.15) is 29.7 Å². The first kappa shape index (κ1) is 15.7. The van der Waals surface area contributed by atoms with Crippen LogP contribution in [0.2, 0.25) is 0 Å². The van der Waals surface area contributed by atoms with Gasteiger partial charge in [0, 0.05) is 5.69 Å². The number of amides is 2. The zero-order chi connectivity index (χ0) is 17.1. The number of hydrogen-bond donors (Lipinski definition) is 2. The van der Waals surface area contributed by atoms with E-state index >= 15 is 0 Å². The Balaban J connectivity index is 1.72. The number of carbonyl (C=O) groups excluding carboxylic acids is 3. The third-order valence-corrected chi connectivity index (χ3v) is 3.46. The van der Waals surface area contributed by atoms with Crippen molar-refractivity contribution in [2.45, 2.75) is 19.4 Å². The molecule has 1 aromatic heterocycles. The predicted octanol–water partition coefficient (Wildman–Crippen LogP) is 0.977. The molecule has 9 nitrogen and oxygen atoms in total. The van der Waals surface area contributed by atoms with Gasteiger partial charge in [0.25, 0.3) is 0 Å². The minimum Gasteiger partial charge on any atom is -0.462 e. The number of hydrogen-bond acceptors (Lipinski definition) is 6. The summed E-state index contributed by atoms with van der Waals surface area (Å²) in [6, 6.07) is 5.52. The lowest BCUT2D eigenvalue weighted by atomic mass is 10.1. The van der Waals surface area contributed by atoms with Crippen LogP contribution < -0.4 is 10.6 Å². The van der Waals surface area contributed by atoms with Crippen molar-refractivity contribution in [1.82, 2.24) is 14.8 Å². The van der Waals surface area contributed by atoms with E-state index in [4.69, 9.17) is 4.74 Å². The van der Waals surface area contributed by atoms with Gasteiger partial charge in [-0.25, -0.2) is 9.48 Å². The molecule has 0 unspecified atom stereocenters. The molecule has 2 N–H and O–H groups in total. The highest BCUT2D eigenvalue weighted by molar-refractivity contribution is 6.01. The fourth-order valence-electron chi connectivity index (χ4n) is 2.34. The standard InChI is InChI=1S/C15H15N5O4/c1-2-24-14(23)9-3-5-10(6-4-9)18-13(22)11-7-12(21)19-15-16-8-17-20(11)15/h3-6,8,11H,2,7H2,1H3,(H,18,22)(H,16,17,19,21)/t11-/m0/s1. The van der Waals surface area contributed by atoms with E-state index in [0.717, 1.165) is 0 Å². The quantitative estimate of drug-likeness (QED) is 0.808. The van der Waals surface area contributed by atoms with Crippen LogP contribution in [0.25, 0.3) is 0 Å². The van der Waals surface area contributed by atoms with E-state index in [1.54, 1.807) is 31.2 Å². The Labute approximate surface area is 137 Å². The Hall–Kier alpha value is -3.23. The van der Waals surface area contributed by atoms with Gasteiger partial charge < -0.3 is 10.1 Å². The zero-order valence-corrected chi connectivity index (χ0v) is 12.9. The minimum absolute atomic E-state index is 0.0247. The average molecular weight is 329 g/mol. The molecule has 3 rings (SSSR count). The summed E-state index contributed by atoms with van der Waals surface area (Å²) in [5.74, 6) is -0.871. The molecule has 9 heteroatoms. The second-order valence-corrected chi connectivity index (χ2v) is 5.08. The van der Waals surface area contributed by atoms with Crippen molar-refractivity contribution >= 4 is 29.4 Å². The monoisotopic (exact) mass is 329 g/mol. The fraction of sp³-hybridized carbons (Fsp3) is 0.267. The molecule has 0 saturated carbocycles. The van der Waals surface area contributed by atoms with Crippen LogP contribution in [0.3, 0.4) is 0 Å². The van der Waals surface area contributed by atoms with Crippen LogP contribution in [0.15, 0.2) is 30.6 Å². The smallest absolute Gasteiger partial charge is 0.338 e. The van der Waals surface area contributed by atoms with Gasteiger partial charge in [0.05, 0.1) is 18.6 Å². The average Bonchev–Trinajstić information content (AvgIpc) is 3.03. The van der Waals surface area contributed by atoms with Gasteiger partial charge in [-0.15, -0.1) is 0 Å². The summed E-state index contributed by atoms with van der Waals surface area (Å²) in [4.78, 5) is 39.6. The highest BCUT2D eigenvalue weighted by Crippen LogP contribution is 2.23. The number of benzene rings is 1. The number of esters is 1. The first-order valence-corrected chi connectivity index (χ1v) is 7.36. The van der Waals surface area contributed by atoms with Crippen molar-refractivity contribution in [2.24, 2.45) is 0 Å². The van der Waals surface area contributed by atoms with Crippen molar-refractivity contribution in [3.05, 3.63) is 36.2 Å². The van der Waals surface area contributed by atoms with E-state index in [0.29, 0.717) is 17.9 Å². The molecule has 2 amide bonds. The minimum atomic E-state index is -0.777. The number of fused-ring (bicyclic) bond motifs is 1. The van der Waals surface area contributed by atoms with E-state index in [1.807, 2.05) is 0 Å². The lowest BCUT2D eigenvalue weighted by molar-refractivity contribution is -0.125. The van der Waals surface area contributed by atoms with E-state index in [2.05, 4.69) is 20.7 Å². The van der Waals surface area contributed by atoms with Gasteiger partial charge in [0.1, 0.15) is 12.4 Å². The van der Waals surface area contributed by atoms with Crippen molar-refractivity contribution in [1.29, 1.82) is 0 Å². The van der Waals surface area contributed by atoms with E-state index < -0.39 is 12.0 Å². The largest absolute Gasteiger partial charge is 0.462 e. The van der Waals surface area contributed by atoms with E-state index in [9.17, 15) is 14.4 Å². The zero-order valence-electron chi connectivity index (χ0n) is 12.9. The molecule has 0 radical (unpaired) electrons. The van der Waals surface area contributed by atoms with Gasteiger partial charge >= 0.3 is 5.97 Å². The van der Waals surface area contributed by atoms with Crippen LogP contribution in [0.5, 0.6) is 0 Å². The Morgan fingerprint density at radius 3 is 2.83 bits per heavy atom. The summed E-state index contributed by atoms with van der Waals surface area (Å²) in [5, 5.41) is 9.20. The molecule has 1 aliphatic rings. The molecule has 0 spiro atoms. The Kier molecular flexibility index (Phi) is 4.23. The third-order valence-electron chi connectivity index (χ3n) is 3.46. The third kappa shape index (κ3) is 3.09. The van der Waals surface area contributed by atoms with Crippen LogP contribution in [-0.4, -0.2) is 39.2 Å². The number of anilines is 2. The molecule has 2 heterocycles. The number of carbonyl (C=O) groups is 3. The van der Waals surface area contributed by atoms with Crippen LogP contribution >= 0.6 is 0 Å². The normalized spacial score (nSPS) is 16.0. The van der Waals surface area contributed by atoms with Crippen molar-refractivity contribution in [3.63, 3.8) is 0 Å². The van der Waals surface area contributed by atoms with Crippen LogP contribution in [0, 0.1) is 0 Å². The van der Waals surface area contributed by atoms with Gasteiger partial charge in [-0.1, -0.05) is 0 Å². The van der Waals surface area contributed by atoms with Gasteiger partial charge in [-0.2, -0.15) is 10.1 Å². The second kappa shape index (κ2) is 6.49. The lowest BCUT2D eigenvalue weighted by Crippen LogP contribution is -2.36. The summed E-state index contributed by atoms with van der Waals surface area (Å²) in [5.41, 5.74) is 0.895. The van der Waals surface area contributed by atoms with E-state index in [1.165, 1.54) is 11.0 Å². The maximum absolute atomic E-state index is 12.4. The molecule has 124 valence electrons. The molecule has 24 heavy (non-hydrogen) atoms. The van der Waals surface area contributed by atoms with Crippen LogP contribution in [-0.2, 0) is 14.3 Å². The maximum atomic E-state index is 12.4.